The maximum Gasteiger partial charge on any atom is 0.253 e. The molecule has 0 spiro atoms. The normalized spacial score (nSPS) is 20.2. The molecule has 0 radical (unpaired) electrons. The third-order valence-electron chi connectivity index (χ3n) is 4.93. The molecule has 1 aliphatic rings. The van der Waals surface area contributed by atoms with Crippen LogP contribution in [0.3, 0.4) is 0 Å². The molecule has 0 bridgehead atoms. The van der Waals surface area contributed by atoms with Crippen LogP contribution in [0.2, 0.25) is 0 Å². The number of aliphatic hydroxyl groups is 1. The largest absolute Gasteiger partial charge is 0.384 e. The van der Waals surface area contributed by atoms with Crippen molar-refractivity contribution in [1.29, 1.82) is 0 Å². The third-order valence-corrected chi connectivity index (χ3v) is 4.93. The fourth-order valence-electron chi connectivity index (χ4n) is 3.32. The molecule has 0 aliphatic heterocycles. The zero-order valence-corrected chi connectivity index (χ0v) is 15.7. The molecule has 6 nitrogen and oxygen atoms in total. The van der Waals surface area contributed by atoms with Crippen LogP contribution in [0.15, 0.2) is 42.6 Å². The van der Waals surface area contributed by atoms with Crippen molar-refractivity contribution < 1.29 is 19.1 Å². The van der Waals surface area contributed by atoms with Crippen LogP contribution in [-0.4, -0.2) is 40.1 Å². The smallest absolute Gasteiger partial charge is 0.253 e. The molecule has 1 heterocycles. The number of aliphatic hydroxyl groups excluding tert-OH is 1. The van der Waals surface area contributed by atoms with Gasteiger partial charge in [0.05, 0.1) is 11.3 Å². The monoisotopic (exact) mass is 385 g/mol. The number of aromatic nitrogens is 1. The summed E-state index contributed by atoms with van der Waals surface area (Å²) in [6.45, 7) is 1.44. The van der Waals surface area contributed by atoms with Gasteiger partial charge in [-0.25, -0.2) is 4.39 Å². The maximum absolute atomic E-state index is 13.3. The molecular weight excluding hydrogens is 361 g/mol. The molecule has 1 unspecified atom stereocenters. The highest BCUT2D eigenvalue weighted by Gasteiger charge is 2.24. The highest BCUT2D eigenvalue weighted by Crippen LogP contribution is 2.20. The van der Waals surface area contributed by atoms with E-state index in [1.54, 1.807) is 24.3 Å². The van der Waals surface area contributed by atoms with Crippen molar-refractivity contribution in [3.63, 3.8) is 0 Å². The molecule has 1 fully saturated rings. The van der Waals surface area contributed by atoms with Gasteiger partial charge in [-0.2, -0.15) is 0 Å². The second-order valence-corrected chi connectivity index (χ2v) is 7.15. The lowest BCUT2D eigenvalue weighted by Crippen LogP contribution is -2.45. The average molecular weight is 385 g/mol. The standard InChI is InChI=1S/C21H24FN3O3/c1-13(26)20(27)24-17-6-8-18(9-7-17)25-21(28)15-5-10-19(23-12-15)14-3-2-4-16(22)11-14/h2-5,10-13,17-18,26H,6-9H2,1H3,(H,24,27)(H,25,28)/t13?,17-,18+. The van der Waals surface area contributed by atoms with E-state index in [1.807, 2.05) is 0 Å². The SMILES string of the molecule is CC(O)C(=O)N[C@H]1CC[C@@H](NC(=O)c2ccc(-c3cccc(F)c3)nc2)CC1. The summed E-state index contributed by atoms with van der Waals surface area (Å²) in [6, 6.07) is 9.60. The van der Waals surface area contributed by atoms with Gasteiger partial charge >= 0.3 is 0 Å². The van der Waals surface area contributed by atoms with Crippen molar-refractivity contribution in [2.45, 2.75) is 50.8 Å². The van der Waals surface area contributed by atoms with Crippen molar-refractivity contribution in [1.82, 2.24) is 15.6 Å². The maximum atomic E-state index is 13.3. The van der Waals surface area contributed by atoms with E-state index in [4.69, 9.17) is 0 Å². The summed E-state index contributed by atoms with van der Waals surface area (Å²) in [6.07, 6.45) is 3.49. The van der Waals surface area contributed by atoms with E-state index < -0.39 is 6.10 Å². The van der Waals surface area contributed by atoms with E-state index in [-0.39, 0.29) is 29.7 Å². The van der Waals surface area contributed by atoms with Gasteiger partial charge in [-0.1, -0.05) is 12.1 Å². The average Bonchev–Trinajstić information content (AvgIpc) is 2.69. The Morgan fingerprint density at radius 3 is 2.36 bits per heavy atom. The lowest BCUT2D eigenvalue weighted by molar-refractivity contribution is -0.129. The second-order valence-electron chi connectivity index (χ2n) is 7.15. The first kappa shape index (κ1) is 19.9. The highest BCUT2D eigenvalue weighted by atomic mass is 19.1. The van der Waals surface area contributed by atoms with Gasteiger partial charge in [-0.3, -0.25) is 14.6 Å². The Morgan fingerprint density at radius 2 is 1.79 bits per heavy atom. The summed E-state index contributed by atoms with van der Waals surface area (Å²) in [5.41, 5.74) is 1.71. The minimum atomic E-state index is -1.01. The van der Waals surface area contributed by atoms with Crippen LogP contribution in [0, 0.1) is 5.82 Å². The van der Waals surface area contributed by atoms with E-state index in [1.165, 1.54) is 25.3 Å². The minimum Gasteiger partial charge on any atom is -0.384 e. The molecule has 7 heteroatoms. The van der Waals surface area contributed by atoms with E-state index in [0.717, 1.165) is 25.7 Å². The number of nitrogens with zero attached hydrogens (tertiary/aromatic N) is 1. The molecule has 0 saturated heterocycles. The van der Waals surface area contributed by atoms with Gasteiger partial charge in [0.15, 0.2) is 0 Å². The fraction of sp³-hybridized carbons (Fsp3) is 0.381. The van der Waals surface area contributed by atoms with Crippen LogP contribution in [0.25, 0.3) is 11.3 Å². The van der Waals surface area contributed by atoms with Crippen LogP contribution in [0.1, 0.15) is 43.0 Å². The molecule has 1 aromatic carbocycles. The Labute approximate surface area is 163 Å². The minimum absolute atomic E-state index is 0.0301. The Bertz CT molecular complexity index is 831. The number of carbonyl (C=O) groups excluding carboxylic acids is 2. The molecular formula is C21H24FN3O3. The summed E-state index contributed by atoms with van der Waals surface area (Å²) in [7, 11) is 0. The first-order valence-electron chi connectivity index (χ1n) is 9.43. The molecule has 3 rings (SSSR count). The lowest BCUT2D eigenvalue weighted by atomic mass is 9.91. The predicted molar refractivity (Wildman–Crippen MR) is 103 cm³/mol. The number of carbonyl (C=O) groups is 2. The molecule has 148 valence electrons. The summed E-state index contributed by atoms with van der Waals surface area (Å²) < 4.78 is 13.3. The number of nitrogens with one attached hydrogen (secondary N) is 2. The summed E-state index contributed by atoms with van der Waals surface area (Å²) in [5.74, 6) is -0.895. The summed E-state index contributed by atoms with van der Waals surface area (Å²) >= 11 is 0. The van der Waals surface area contributed by atoms with E-state index in [2.05, 4.69) is 15.6 Å². The van der Waals surface area contributed by atoms with Crippen LogP contribution in [-0.2, 0) is 4.79 Å². The Hall–Kier alpha value is -2.80. The van der Waals surface area contributed by atoms with Gasteiger partial charge in [-0.15, -0.1) is 0 Å². The summed E-state index contributed by atoms with van der Waals surface area (Å²) in [4.78, 5) is 28.3. The van der Waals surface area contributed by atoms with Gasteiger partial charge in [0.25, 0.3) is 5.91 Å². The van der Waals surface area contributed by atoms with Gasteiger partial charge < -0.3 is 15.7 Å². The molecule has 3 N–H and O–H groups in total. The molecule has 1 saturated carbocycles. The first-order chi connectivity index (χ1) is 13.4. The topological polar surface area (TPSA) is 91.3 Å². The number of benzene rings is 1. The molecule has 2 aromatic rings. The highest BCUT2D eigenvalue weighted by molar-refractivity contribution is 5.94. The van der Waals surface area contributed by atoms with Crippen LogP contribution in [0.4, 0.5) is 4.39 Å². The number of hydrogen-bond acceptors (Lipinski definition) is 4. The van der Waals surface area contributed by atoms with Crippen molar-refractivity contribution in [2.75, 3.05) is 0 Å². The Balaban J connectivity index is 1.52. The van der Waals surface area contributed by atoms with Crippen LogP contribution >= 0.6 is 0 Å². The number of pyridine rings is 1. The van der Waals surface area contributed by atoms with Gasteiger partial charge in [0, 0.05) is 23.8 Å². The molecule has 1 atom stereocenters. The van der Waals surface area contributed by atoms with Crippen molar-refractivity contribution >= 4 is 11.8 Å². The Kier molecular flexibility index (Phi) is 6.36. The van der Waals surface area contributed by atoms with Crippen LogP contribution < -0.4 is 10.6 Å². The van der Waals surface area contributed by atoms with Gasteiger partial charge in [0.2, 0.25) is 5.91 Å². The number of rotatable bonds is 5. The molecule has 1 aromatic heterocycles. The van der Waals surface area contributed by atoms with Crippen LogP contribution in [0.5, 0.6) is 0 Å². The van der Waals surface area contributed by atoms with Gasteiger partial charge in [0.1, 0.15) is 11.9 Å². The first-order valence-corrected chi connectivity index (χ1v) is 9.43. The van der Waals surface area contributed by atoms with Crippen molar-refractivity contribution in [2.24, 2.45) is 0 Å². The molecule has 1 aliphatic carbocycles. The van der Waals surface area contributed by atoms with Crippen molar-refractivity contribution in [3.8, 4) is 11.3 Å². The van der Waals surface area contributed by atoms with E-state index in [0.29, 0.717) is 16.8 Å². The van der Waals surface area contributed by atoms with E-state index in [9.17, 15) is 19.1 Å². The summed E-state index contributed by atoms with van der Waals surface area (Å²) in [5, 5.41) is 15.1. The zero-order valence-electron chi connectivity index (χ0n) is 15.7. The predicted octanol–water partition coefficient (Wildman–Crippen LogP) is 2.43. The molecule has 2 amide bonds. The quantitative estimate of drug-likeness (QED) is 0.737. The third kappa shape index (κ3) is 5.13. The number of amides is 2. The van der Waals surface area contributed by atoms with Gasteiger partial charge in [-0.05, 0) is 56.9 Å². The number of halogens is 1. The molecule has 28 heavy (non-hydrogen) atoms. The van der Waals surface area contributed by atoms with Crippen molar-refractivity contribution in [3.05, 3.63) is 54.0 Å². The fourth-order valence-corrected chi connectivity index (χ4v) is 3.32. The van der Waals surface area contributed by atoms with E-state index >= 15 is 0 Å². The zero-order chi connectivity index (χ0) is 20.1. The lowest BCUT2D eigenvalue weighted by Gasteiger charge is -2.30. The number of hydrogen-bond donors (Lipinski definition) is 3. The second kappa shape index (κ2) is 8.93. The Morgan fingerprint density at radius 1 is 1.11 bits per heavy atom.